The van der Waals surface area contributed by atoms with E-state index in [1.165, 1.54) is 18.2 Å². The second-order valence-electron chi connectivity index (χ2n) is 8.84. The molecule has 0 spiro atoms. The third kappa shape index (κ3) is 3.52. The van der Waals surface area contributed by atoms with E-state index in [9.17, 15) is 18.0 Å². The van der Waals surface area contributed by atoms with Gasteiger partial charge < -0.3 is 14.6 Å². The zero-order valence-corrected chi connectivity index (χ0v) is 18.6. The minimum atomic E-state index is -4.97. The maximum absolute atomic E-state index is 14.1. The molecule has 2 aromatic rings. The molecule has 2 heterocycles. The van der Waals surface area contributed by atoms with Gasteiger partial charge in [0.25, 0.3) is 11.4 Å². The molecule has 2 aromatic carbocycles. The summed E-state index contributed by atoms with van der Waals surface area (Å²) in [7, 11) is -0.616. The summed E-state index contributed by atoms with van der Waals surface area (Å²) in [6, 6.07) is 11.6. The first-order chi connectivity index (χ1) is 14.8. The van der Waals surface area contributed by atoms with Crippen molar-refractivity contribution in [2.24, 2.45) is 4.99 Å². The van der Waals surface area contributed by atoms with Gasteiger partial charge in [-0.3, -0.25) is 4.79 Å². The Labute approximate surface area is 189 Å². The Morgan fingerprint density at radius 3 is 2.12 bits per heavy atom. The molecule has 0 aromatic heterocycles. The number of hydrogen-bond donors (Lipinski definition) is 1. The minimum absolute atomic E-state index is 0.0781. The smallest absolute Gasteiger partial charge is 0.399 e. The van der Waals surface area contributed by atoms with E-state index in [1.807, 2.05) is 27.7 Å². The van der Waals surface area contributed by atoms with Crippen molar-refractivity contribution in [3.8, 4) is 0 Å². The van der Waals surface area contributed by atoms with Gasteiger partial charge in [0, 0.05) is 10.6 Å². The fourth-order valence-electron chi connectivity index (χ4n) is 3.62. The molecule has 1 atom stereocenters. The lowest BCUT2D eigenvalue weighted by Gasteiger charge is -2.32. The van der Waals surface area contributed by atoms with Crippen molar-refractivity contribution in [3.05, 3.63) is 64.7 Å². The Morgan fingerprint density at radius 1 is 1.00 bits per heavy atom. The monoisotopic (exact) mass is 464 g/mol. The fourth-order valence-corrected chi connectivity index (χ4v) is 3.81. The summed E-state index contributed by atoms with van der Waals surface area (Å²) in [5.41, 5.74) is -3.44. The van der Waals surface area contributed by atoms with Crippen molar-refractivity contribution in [3.63, 3.8) is 0 Å². The normalized spacial score (nSPS) is 24.4. The number of alkyl halides is 3. The Kier molecular flexibility index (Phi) is 5.23. The maximum atomic E-state index is 14.1. The van der Waals surface area contributed by atoms with E-state index >= 15 is 0 Å². The van der Waals surface area contributed by atoms with Crippen LogP contribution in [0.15, 0.2) is 53.5 Å². The Morgan fingerprint density at radius 2 is 1.59 bits per heavy atom. The predicted molar refractivity (Wildman–Crippen MR) is 116 cm³/mol. The van der Waals surface area contributed by atoms with Gasteiger partial charge in [-0.05, 0) is 50.9 Å². The predicted octanol–water partition coefficient (Wildman–Crippen LogP) is 3.97. The lowest BCUT2D eigenvalue weighted by molar-refractivity contribution is -0.190. The van der Waals surface area contributed by atoms with Crippen molar-refractivity contribution in [2.75, 3.05) is 0 Å². The largest absolute Gasteiger partial charge is 0.494 e. The van der Waals surface area contributed by atoms with Crippen molar-refractivity contribution in [1.82, 2.24) is 5.32 Å². The van der Waals surface area contributed by atoms with Crippen molar-refractivity contribution in [1.29, 1.82) is 0 Å². The second kappa shape index (κ2) is 7.33. The van der Waals surface area contributed by atoms with Crippen LogP contribution < -0.4 is 10.8 Å². The maximum Gasteiger partial charge on any atom is 0.494 e. The molecular formula is C22H21BClF3N2O3. The molecule has 1 N–H and O–H groups in total. The average Bonchev–Trinajstić information content (AvgIpc) is 3.15. The number of carbonyl (C=O) groups excluding carboxylic acids is 1. The third-order valence-corrected chi connectivity index (χ3v) is 6.44. The van der Waals surface area contributed by atoms with Crippen molar-refractivity contribution >= 4 is 35.9 Å². The highest BCUT2D eigenvalue weighted by Gasteiger charge is 2.65. The zero-order chi connectivity index (χ0) is 23.5. The number of nitrogens with one attached hydrogen (secondary N) is 1. The first-order valence-corrected chi connectivity index (χ1v) is 10.3. The van der Waals surface area contributed by atoms with Gasteiger partial charge in [0.1, 0.15) is 5.84 Å². The highest BCUT2D eigenvalue weighted by molar-refractivity contribution is 6.62. The topological polar surface area (TPSA) is 59.9 Å². The van der Waals surface area contributed by atoms with E-state index in [1.54, 1.807) is 24.3 Å². The van der Waals surface area contributed by atoms with E-state index in [2.05, 4.69) is 10.3 Å². The molecule has 4 rings (SSSR count). The van der Waals surface area contributed by atoms with E-state index in [-0.39, 0.29) is 16.4 Å². The van der Waals surface area contributed by atoms with Crippen molar-refractivity contribution < 1.29 is 27.3 Å². The molecule has 168 valence electrons. The Bertz CT molecular complexity index is 1090. The molecule has 0 radical (unpaired) electrons. The van der Waals surface area contributed by atoms with Crippen LogP contribution in [-0.4, -0.2) is 36.2 Å². The van der Waals surface area contributed by atoms with Gasteiger partial charge >= 0.3 is 13.3 Å². The number of amides is 1. The molecular weight excluding hydrogens is 444 g/mol. The van der Waals surface area contributed by atoms with Gasteiger partial charge in [-0.25, -0.2) is 4.99 Å². The number of amidine groups is 1. The van der Waals surface area contributed by atoms with Gasteiger partial charge in [-0.15, -0.1) is 0 Å². The van der Waals surface area contributed by atoms with Crippen LogP contribution in [0.5, 0.6) is 0 Å². The van der Waals surface area contributed by atoms with Crippen LogP contribution in [-0.2, 0) is 19.6 Å². The molecule has 5 nitrogen and oxygen atoms in total. The van der Waals surface area contributed by atoms with Gasteiger partial charge in [0.05, 0.1) is 11.2 Å². The molecule has 1 unspecified atom stereocenters. The highest BCUT2D eigenvalue weighted by atomic mass is 35.5. The molecule has 2 aliphatic rings. The van der Waals surface area contributed by atoms with Gasteiger partial charge in [0.2, 0.25) is 0 Å². The van der Waals surface area contributed by atoms with E-state index < -0.39 is 35.9 Å². The quantitative estimate of drug-likeness (QED) is 0.699. The lowest BCUT2D eigenvalue weighted by Crippen LogP contribution is -2.48. The number of carbonyl (C=O) groups is 1. The molecule has 0 aliphatic carbocycles. The van der Waals surface area contributed by atoms with Crippen LogP contribution in [0.2, 0.25) is 5.02 Å². The summed E-state index contributed by atoms with van der Waals surface area (Å²) in [6.45, 7) is 7.71. The molecule has 0 bridgehead atoms. The molecule has 2 aliphatic heterocycles. The molecule has 1 amide bonds. The Balaban J connectivity index is 1.69. The third-order valence-electron chi connectivity index (χ3n) is 6.20. The second-order valence-corrected chi connectivity index (χ2v) is 9.28. The number of benzene rings is 2. The standard InChI is InChI=1S/C22H21BClF3N2O3/c1-19(2)20(3,4)32-23(31-19)15-10-8-13(9-11-15)17-28-18(30)21(29-17,22(25,26)27)14-6-5-7-16(24)12-14/h5-12H,1-4H3,(H,28,29,30). The number of halogens is 4. The van der Waals surface area contributed by atoms with Crippen LogP contribution in [0, 0.1) is 0 Å². The first-order valence-electron chi connectivity index (χ1n) is 9.97. The number of nitrogens with zero attached hydrogens (tertiary/aromatic N) is 1. The number of aliphatic imine (C=N–C) groups is 1. The summed E-state index contributed by atoms with van der Waals surface area (Å²) in [6.07, 6.45) is -4.97. The first kappa shape index (κ1) is 22.8. The lowest BCUT2D eigenvalue weighted by atomic mass is 9.79. The van der Waals surface area contributed by atoms with Gasteiger partial charge in [-0.2, -0.15) is 13.2 Å². The summed E-state index contributed by atoms with van der Waals surface area (Å²) in [4.78, 5) is 16.5. The Hall–Kier alpha value is -2.36. The molecule has 32 heavy (non-hydrogen) atoms. The minimum Gasteiger partial charge on any atom is -0.399 e. The number of rotatable bonds is 3. The van der Waals surface area contributed by atoms with Gasteiger partial charge in [-0.1, -0.05) is 48.0 Å². The fraction of sp³-hybridized carbons (Fsp3) is 0.364. The van der Waals surface area contributed by atoms with Crippen LogP contribution in [0.25, 0.3) is 0 Å². The van der Waals surface area contributed by atoms with Crippen LogP contribution in [0.4, 0.5) is 13.2 Å². The van der Waals surface area contributed by atoms with Gasteiger partial charge in [0.15, 0.2) is 0 Å². The number of hydrogen-bond acceptors (Lipinski definition) is 4. The summed E-state index contributed by atoms with van der Waals surface area (Å²) >= 11 is 5.88. The van der Waals surface area contributed by atoms with Crippen LogP contribution in [0.3, 0.4) is 0 Å². The molecule has 10 heteroatoms. The van der Waals surface area contributed by atoms with E-state index in [4.69, 9.17) is 20.9 Å². The average molecular weight is 465 g/mol. The molecule has 1 saturated heterocycles. The zero-order valence-electron chi connectivity index (χ0n) is 17.9. The molecule has 0 saturated carbocycles. The highest BCUT2D eigenvalue weighted by Crippen LogP contribution is 2.45. The summed E-state index contributed by atoms with van der Waals surface area (Å²) < 4.78 is 54.4. The van der Waals surface area contributed by atoms with E-state index in [0.29, 0.717) is 11.0 Å². The molecule has 1 fully saturated rings. The SMILES string of the molecule is CC1(C)OB(c2ccc(C3=NC(c4cccc(Cl)c4)(C(F)(F)F)C(=O)N3)cc2)OC1(C)C. The van der Waals surface area contributed by atoms with Crippen LogP contribution in [0.1, 0.15) is 38.8 Å². The van der Waals surface area contributed by atoms with Crippen molar-refractivity contribution in [2.45, 2.75) is 50.6 Å². The summed E-state index contributed by atoms with van der Waals surface area (Å²) in [5.74, 6) is -1.45. The van der Waals surface area contributed by atoms with Crippen LogP contribution >= 0.6 is 11.6 Å². The van der Waals surface area contributed by atoms with E-state index in [0.717, 1.165) is 6.07 Å². The summed E-state index contributed by atoms with van der Waals surface area (Å²) in [5, 5.41) is 2.36.